The molecule has 0 radical (unpaired) electrons. The third-order valence-corrected chi connectivity index (χ3v) is 2.57. The fourth-order valence-electron chi connectivity index (χ4n) is 1.52. The van der Waals surface area contributed by atoms with Gasteiger partial charge in [-0.1, -0.05) is 13.8 Å². The Morgan fingerprint density at radius 3 is 2.44 bits per heavy atom. The summed E-state index contributed by atoms with van der Waals surface area (Å²) in [6.07, 6.45) is -3.51. The molecule has 0 aliphatic heterocycles. The first-order chi connectivity index (χ1) is 8.34. The van der Waals surface area contributed by atoms with Crippen LogP contribution in [0.1, 0.15) is 31.4 Å². The molecular weight excluding hydrogens is 243 g/mol. The average molecular weight is 261 g/mol. The van der Waals surface area contributed by atoms with Crippen LogP contribution >= 0.6 is 0 Å². The Morgan fingerprint density at radius 2 is 1.94 bits per heavy atom. The van der Waals surface area contributed by atoms with Gasteiger partial charge in [-0.05, 0) is 36.1 Å². The molecule has 0 heterocycles. The van der Waals surface area contributed by atoms with Crippen molar-refractivity contribution < 1.29 is 17.9 Å². The molecule has 0 fully saturated rings. The zero-order valence-electron chi connectivity index (χ0n) is 10.6. The van der Waals surface area contributed by atoms with Crippen molar-refractivity contribution in [2.75, 3.05) is 6.61 Å². The van der Waals surface area contributed by atoms with Crippen LogP contribution in [0.5, 0.6) is 5.75 Å². The van der Waals surface area contributed by atoms with Crippen LogP contribution in [-0.2, 0) is 12.7 Å². The van der Waals surface area contributed by atoms with E-state index in [0.29, 0.717) is 18.3 Å². The second-order valence-electron chi connectivity index (χ2n) is 4.55. The van der Waals surface area contributed by atoms with Crippen LogP contribution in [-0.4, -0.2) is 6.61 Å². The molecule has 2 N–H and O–H groups in total. The minimum absolute atomic E-state index is 0.0598. The molecule has 2 nitrogen and oxygen atoms in total. The van der Waals surface area contributed by atoms with Gasteiger partial charge in [0.25, 0.3) is 0 Å². The second kappa shape index (κ2) is 6.09. The molecule has 0 aliphatic rings. The number of hydrogen-bond acceptors (Lipinski definition) is 2. The molecule has 0 aliphatic carbocycles. The van der Waals surface area contributed by atoms with E-state index in [1.165, 1.54) is 12.1 Å². The summed E-state index contributed by atoms with van der Waals surface area (Å²) in [4.78, 5) is 0. The zero-order chi connectivity index (χ0) is 13.8. The third-order valence-electron chi connectivity index (χ3n) is 2.57. The summed E-state index contributed by atoms with van der Waals surface area (Å²) in [5, 5.41) is 0. The standard InChI is InChI=1S/C13H18F3NO/c1-9(2)5-6-18-11-3-4-12(13(14,15)16)10(7-11)8-17/h3-4,7,9H,5-6,8,17H2,1-2H3. The highest BCUT2D eigenvalue weighted by atomic mass is 19.4. The summed E-state index contributed by atoms with van der Waals surface area (Å²) in [5.41, 5.74) is 4.70. The van der Waals surface area contributed by atoms with Gasteiger partial charge in [-0.3, -0.25) is 0 Å². The third kappa shape index (κ3) is 4.22. The first-order valence-corrected chi connectivity index (χ1v) is 5.87. The maximum absolute atomic E-state index is 12.6. The molecule has 0 amide bonds. The fourth-order valence-corrected chi connectivity index (χ4v) is 1.52. The van der Waals surface area contributed by atoms with E-state index >= 15 is 0 Å². The molecule has 5 heteroatoms. The monoisotopic (exact) mass is 261 g/mol. The van der Waals surface area contributed by atoms with Gasteiger partial charge in [-0.25, -0.2) is 0 Å². The molecule has 1 aromatic carbocycles. The van der Waals surface area contributed by atoms with E-state index < -0.39 is 11.7 Å². The lowest BCUT2D eigenvalue weighted by molar-refractivity contribution is -0.138. The Kier molecular flexibility index (Phi) is 5.02. The summed E-state index contributed by atoms with van der Waals surface area (Å²) in [6.45, 7) is 4.45. The number of halogens is 3. The lowest BCUT2D eigenvalue weighted by atomic mass is 10.1. The molecule has 0 atom stereocenters. The molecule has 0 unspecified atom stereocenters. The summed E-state index contributed by atoms with van der Waals surface area (Å²) in [7, 11) is 0. The van der Waals surface area contributed by atoms with Gasteiger partial charge in [-0.15, -0.1) is 0 Å². The number of benzene rings is 1. The second-order valence-corrected chi connectivity index (χ2v) is 4.55. The normalized spacial score (nSPS) is 11.9. The number of nitrogens with two attached hydrogens (primary N) is 1. The van der Waals surface area contributed by atoms with Crippen molar-refractivity contribution >= 4 is 0 Å². The van der Waals surface area contributed by atoms with Crippen molar-refractivity contribution in [3.05, 3.63) is 29.3 Å². The van der Waals surface area contributed by atoms with Crippen LogP contribution in [0.3, 0.4) is 0 Å². The minimum Gasteiger partial charge on any atom is -0.494 e. The van der Waals surface area contributed by atoms with Gasteiger partial charge in [0.1, 0.15) is 5.75 Å². The van der Waals surface area contributed by atoms with Gasteiger partial charge in [-0.2, -0.15) is 13.2 Å². The fraction of sp³-hybridized carbons (Fsp3) is 0.538. The summed E-state index contributed by atoms with van der Waals surface area (Å²) >= 11 is 0. The summed E-state index contributed by atoms with van der Waals surface area (Å²) in [5.74, 6) is 0.928. The maximum atomic E-state index is 12.6. The molecule has 1 aromatic rings. The van der Waals surface area contributed by atoms with Crippen LogP contribution in [0, 0.1) is 5.92 Å². The molecule has 18 heavy (non-hydrogen) atoms. The lowest BCUT2D eigenvalue weighted by Crippen LogP contribution is -2.12. The van der Waals surface area contributed by atoms with Crippen molar-refractivity contribution in [1.29, 1.82) is 0 Å². The number of hydrogen-bond donors (Lipinski definition) is 1. The van der Waals surface area contributed by atoms with E-state index in [2.05, 4.69) is 13.8 Å². The SMILES string of the molecule is CC(C)CCOc1ccc(C(F)(F)F)c(CN)c1. The van der Waals surface area contributed by atoms with Gasteiger partial charge in [0.2, 0.25) is 0 Å². The van der Waals surface area contributed by atoms with Crippen LogP contribution in [0.25, 0.3) is 0 Å². The summed E-state index contributed by atoms with van der Waals surface area (Å²) in [6, 6.07) is 3.72. The van der Waals surface area contributed by atoms with E-state index in [-0.39, 0.29) is 12.1 Å². The van der Waals surface area contributed by atoms with Crippen LogP contribution in [0.15, 0.2) is 18.2 Å². The minimum atomic E-state index is -4.37. The van der Waals surface area contributed by atoms with Gasteiger partial charge < -0.3 is 10.5 Å². The Labute approximate surface area is 105 Å². The Morgan fingerprint density at radius 1 is 1.28 bits per heavy atom. The smallest absolute Gasteiger partial charge is 0.416 e. The van der Waals surface area contributed by atoms with Crippen molar-refractivity contribution in [3.63, 3.8) is 0 Å². The highest BCUT2D eigenvalue weighted by Crippen LogP contribution is 2.33. The Bertz CT molecular complexity index is 388. The van der Waals surface area contributed by atoms with E-state index in [1.807, 2.05) is 0 Å². The highest BCUT2D eigenvalue weighted by Gasteiger charge is 2.32. The number of ether oxygens (including phenoxy) is 1. The van der Waals surface area contributed by atoms with Crippen molar-refractivity contribution in [2.24, 2.45) is 11.7 Å². The van der Waals surface area contributed by atoms with Crippen LogP contribution in [0.2, 0.25) is 0 Å². The Hall–Kier alpha value is -1.23. The van der Waals surface area contributed by atoms with Crippen LogP contribution in [0.4, 0.5) is 13.2 Å². The largest absolute Gasteiger partial charge is 0.494 e. The predicted octanol–water partition coefficient (Wildman–Crippen LogP) is 3.59. The molecule has 0 bridgehead atoms. The molecular formula is C13H18F3NO. The van der Waals surface area contributed by atoms with E-state index in [0.717, 1.165) is 12.5 Å². The van der Waals surface area contributed by atoms with Crippen molar-refractivity contribution in [3.8, 4) is 5.75 Å². The van der Waals surface area contributed by atoms with Gasteiger partial charge in [0.15, 0.2) is 0 Å². The predicted molar refractivity (Wildman–Crippen MR) is 64.3 cm³/mol. The van der Waals surface area contributed by atoms with Gasteiger partial charge in [0.05, 0.1) is 12.2 Å². The Balaban J connectivity index is 2.79. The average Bonchev–Trinajstić information content (AvgIpc) is 2.26. The van der Waals surface area contributed by atoms with Crippen molar-refractivity contribution in [2.45, 2.75) is 33.0 Å². The van der Waals surface area contributed by atoms with Gasteiger partial charge in [0, 0.05) is 6.54 Å². The maximum Gasteiger partial charge on any atom is 0.416 e. The topological polar surface area (TPSA) is 35.2 Å². The molecule has 102 valence electrons. The van der Waals surface area contributed by atoms with E-state index in [4.69, 9.17) is 10.5 Å². The lowest BCUT2D eigenvalue weighted by Gasteiger charge is -2.14. The van der Waals surface area contributed by atoms with E-state index in [1.54, 1.807) is 0 Å². The molecule has 0 saturated heterocycles. The first kappa shape index (κ1) is 14.8. The number of rotatable bonds is 5. The number of alkyl halides is 3. The summed E-state index contributed by atoms with van der Waals surface area (Å²) < 4.78 is 43.3. The molecule has 0 spiro atoms. The molecule has 0 aromatic heterocycles. The highest BCUT2D eigenvalue weighted by molar-refractivity contribution is 5.37. The molecule has 1 rings (SSSR count). The van der Waals surface area contributed by atoms with E-state index in [9.17, 15) is 13.2 Å². The van der Waals surface area contributed by atoms with Crippen molar-refractivity contribution in [1.82, 2.24) is 0 Å². The molecule has 0 saturated carbocycles. The van der Waals surface area contributed by atoms with Gasteiger partial charge >= 0.3 is 6.18 Å². The zero-order valence-corrected chi connectivity index (χ0v) is 10.6. The first-order valence-electron chi connectivity index (χ1n) is 5.87. The van der Waals surface area contributed by atoms with Crippen LogP contribution < -0.4 is 10.5 Å². The quantitative estimate of drug-likeness (QED) is 0.879.